The summed E-state index contributed by atoms with van der Waals surface area (Å²) in [5.74, 6) is -0.534. The SMILES string of the molecule is Fc1ccc(Oc2cc(N3CCCCC3)ncn2)cc1F. The number of rotatable bonds is 3. The Bertz CT molecular complexity index is 630. The molecular formula is C15H15F2N3O. The summed E-state index contributed by atoms with van der Waals surface area (Å²) in [4.78, 5) is 10.4. The van der Waals surface area contributed by atoms with Gasteiger partial charge in [0.25, 0.3) is 0 Å². The van der Waals surface area contributed by atoms with Crippen molar-refractivity contribution in [3.8, 4) is 11.6 Å². The molecule has 0 atom stereocenters. The molecule has 0 radical (unpaired) electrons. The highest BCUT2D eigenvalue weighted by atomic mass is 19.2. The zero-order chi connectivity index (χ0) is 14.7. The fraction of sp³-hybridized carbons (Fsp3) is 0.333. The maximum Gasteiger partial charge on any atom is 0.224 e. The third-order valence-corrected chi connectivity index (χ3v) is 3.42. The Balaban J connectivity index is 1.77. The first-order valence-corrected chi connectivity index (χ1v) is 6.92. The van der Waals surface area contributed by atoms with Crippen LogP contribution in [0.3, 0.4) is 0 Å². The van der Waals surface area contributed by atoms with E-state index in [2.05, 4.69) is 14.9 Å². The zero-order valence-corrected chi connectivity index (χ0v) is 11.4. The van der Waals surface area contributed by atoms with Gasteiger partial charge in [0, 0.05) is 25.2 Å². The fourth-order valence-electron chi connectivity index (χ4n) is 2.34. The van der Waals surface area contributed by atoms with Crippen LogP contribution in [0.2, 0.25) is 0 Å². The molecule has 1 fully saturated rings. The number of anilines is 1. The molecular weight excluding hydrogens is 276 g/mol. The second-order valence-electron chi connectivity index (χ2n) is 4.94. The molecule has 0 unspecified atom stereocenters. The van der Waals surface area contributed by atoms with Crippen LogP contribution in [0.25, 0.3) is 0 Å². The molecule has 21 heavy (non-hydrogen) atoms. The number of piperidine rings is 1. The summed E-state index contributed by atoms with van der Waals surface area (Å²) in [6.45, 7) is 1.92. The lowest BCUT2D eigenvalue weighted by Gasteiger charge is -2.27. The molecule has 4 nitrogen and oxygen atoms in total. The van der Waals surface area contributed by atoms with Gasteiger partial charge in [-0.05, 0) is 31.4 Å². The minimum Gasteiger partial charge on any atom is -0.439 e. The molecule has 0 bridgehead atoms. The summed E-state index contributed by atoms with van der Waals surface area (Å²) in [6.07, 6.45) is 4.94. The van der Waals surface area contributed by atoms with Gasteiger partial charge in [-0.2, -0.15) is 0 Å². The molecule has 2 aromatic rings. The van der Waals surface area contributed by atoms with Gasteiger partial charge >= 0.3 is 0 Å². The molecule has 0 amide bonds. The number of hydrogen-bond donors (Lipinski definition) is 0. The first-order chi connectivity index (χ1) is 10.2. The lowest BCUT2D eigenvalue weighted by Crippen LogP contribution is -2.30. The lowest BCUT2D eigenvalue weighted by molar-refractivity contribution is 0.446. The molecule has 0 N–H and O–H groups in total. The molecule has 0 saturated carbocycles. The van der Waals surface area contributed by atoms with Gasteiger partial charge in [0.1, 0.15) is 17.9 Å². The normalized spacial score (nSPS) is 15.0. The minimum absolute atomic E-state index is 0.206. The number of aromatic nitrogens is 2. The van der Waals surface area contributed by atoms with Crippen LogP contribution in [0, 0.1) is 11.6 Å². The number of ether oxygens (including phenoxy) is 1. The molecule has 0 spiro atoms. The quantitative estimate of drug-likeness (QED) is 0.867. The summed E-state index contributed by atoms with van der Waals surface area (Å²) in [5, 5.41) is 0. The molecule has 110 valence electrons. The standard InChI is InChI=1S/C15H15F2N3O/c16-12-5-4-11(8-13(12)17)21-15-9-14(18-10-19-15)20-6-2-1-3-7-20/h4-5,8-10H,1-3,6-7H2. The van der Waals surface area contributed by atoms with Crippen LogP contribution in [-0.2, 0) is 0 Å². The van der Waals surface area contributed by atoms with Gasteiger partial charge in [-0.25, -0.2) is 18.7 Å². The Morgan fingerprint density at radius 3 is 2.52 bits per heavy atom. The predicted octanol–water partition coefficient (Wildman–Crippen LogP) is 3.54. The molecule has 1 aromatic heterocycles. The second-order valence-corrected chi connectivity index (χ2v) is 4.94. The Morgan fingerprint density at radius 1 is 0.952 bits per heavy atom. The lowest BCUT2D eigenvalue weighted by atomic mass is 10.1. The van der Waals surface area contributed by atoms with Crippen molar-refractivity contribution in [1.82, 2.24) is 9.97 Å². The summed E-state index contributed by atoms with van der Waals surface area (Å²) in [6, 6.07) is 5.10. The Morgan fingerprint density at radius 2 is 1.76 bits per heavy atom. The van der Waals surface area contributed by atoms with Gasteiger partial charge < -0.3 is 9.64 Å². The summed E-state index contributed by atoms with van der Waals surface area (Å²) < 4.78 is 31.5. The average molecular weight is 291 g/mol. The summed E-state index contributed by atoms with van der Waals surface area (Å²) in [5.41, 5.74) is 0. The van der Waals surface area contributed by atoms with Crippen LogP contribution in [0.15, 0.2) is 30.6 Å². The van der Waals surface area contributed by atoms with E-state index < -0.39 is 11.6 Å². The maximum atomic E-state index is 13.2. The van der Waals surface area contributed by atoms with E-state index in [-0.39, 0.29) is 5.75 Å². The van der Waals surface area contributed by atoms with Gasteiger partial charge in [-0.1, -0.05) is 0 Å². The van der Waals surface area contributed by atoms with E-state index in [0.29, 0.717) is 5.88 Å². The topological polar surface area (TPSA) is 38.2 Å². The summed E-state index contributed by atoms with van der Waals surface area (Å²) >= 11 is 0. The van der Waals surface area contributed by atoms with E-state index in [1.54, 1.807) is 6.07 Å². The molecule has 1 aliphatic heterocycles. The van der Waals surface area contributed by atoms with Gasteiger partial charge in [-0.3, -0.25) is 0 Å². The molecule has 6 heteroatoms. The molecule has 2 heterocycles. The highest BCUT2D eigenvalue weighted by Crippen LogP contribution is 2.25. The number of benzene rings is 1. The molecule has 1 aromatic carbocycles. The van der Waals surface area contributed by atoms with Crippen LogP contribution in [0.5, 0.6) is 11.6 Å². The zero-order valence-electron chi connectivity index (χ0n) is 11.4. The van der Waals surface area contributed by atoms with E-state index in [1.165, 1.54) is 18.8 Å². The van der Waals surface area contributed by atoms with Crippen molar-refractivity contribution in [3.63, 3.8) is 0 Å². The van der Waals surface area contributed by atoms with Crippen molar-refractivity contribution < 1.29 is 13.5 Å². The minimum atomic E-state index is -0.946. The predicted molar refractivity (Wildman–Crippen MR) is 74.5 cm³/mol. The highest BCUT2D eigenvalue weighted by molar-refractivity contribution is 5.42. The third-order valence-electron chi connectivity index (χ3n) is 3.42. The van der Waals surface area contributed by atoms with Crippen molar-refractivity contribution in [2.75, 3.05) is 18.0 Å². The fourth-order valence-corrected chi connectivity index (χ4v) is 2.34. The van der Waals surface area contributed by atoms with E-state index in [1.807, 2.05) is 0 Å². The molecule has 3 rings (SSSR count). The van der Waals surface area contributed by atoms with E-state index in [0.717, 1.165) is 43.9 Å². The van der Waals surface area contributed by atoms with Crippen molar-refractivity contribution in [1.29, 1.82) is 0 Å². The van der Waals surface area contributed by atoms with Crippen molar-refractivity contribution in [2.24, 2.45) is 0 Å². The van der Waals surface area contributed by atoms with Crippen molar-refractivity contribution >= 4 is 5.82 Å². The van der Waals surface area contributed by atoms with Crippen molar-refractivity contribution in [2.45, 2.75) is 19.3 Å². The number of halogens is 2. The first kappa shape index (κ1) is 13.7. The Hall–Kier alpha value is -2.24. The van der Waals surface area contributed by atoms with Crippen LogP contribution < -0.4 is 9.64 Å². The van der Waals surface area contributed by atoms with Crippen LogP contribution in [0.4, 0.5) is 14.6 Å². The third kappa shape index (κ3) is 3.26. The monoisotopic (exact) mass is 291 g/mol. The first-order valence-electron chi connectivity index (χ1n) is 6.92. The maximum absolute atomic E-state index is 13.2. The smallest absolute Gasteiger partial charge is 0.224 e. The Labute approximate surface area is 121 Å². The Kier molecular flexibility index (Phi) is 3.94. The molecule has 1 aliphatic rings. The second kappa shape index (κ2) is 6.03. The number of hydrogen-bond acceptors (Lipinski definition) is 4. The highest BCUT2D eigenvalue weighted by Gasteiger charge is 2.13. The largest absolute Gasteiger partial charge is 0.439 e. The number of nitrogens with zero attached hydrogens (tertiary/aromatic N) is 3. The van der Waals surface area contributed by atoms with E-state index >= 15 is 0 Å². The summed E-state index contributed by atoms with van der Waals surface area (Å²) in [7, 11) is 0. The average Bonchev–Trinajstić information content (AvgIpc) is 2.52. The molecule has 0 aliphatic carbocycles. The van der Waals surface area contributed by atoms with Gasteiger partial charge in [0.05, 0.1) is 0 Å². The van der Waals surface area contributed by atoms with Crippen LogP contribution in [0.1, 0.15) is 19.3 Å². The van der Waals surface area contributed by atoms with Crippen LogP contribution in [-0.4, -0.2) is 23.1 Å². The van der Waals surface area contributed by atoms with Gasteiger partial charge in [-0.15, -0.1) is 0 Å². The van der Waals surface area contributed by atoms with Gasteiger partial charge in [0.15, 0.2) is 11.6 Å². The van der Waals surface area contributed by atoms with Gasteiger partial charge in [0.2, 0.25) is 5.88 Å². The molecule has 1 saturated heterocycles. The van der Waals surface area contributed by atoms with E-state index in [4.69, 9.17) is 4.74 Å². The van der Waals surface area contributed by atoms with E-state index in [9.17, 15) is 8.78 Å². The van der Waals surface area contributed by atoms with Crippen LogP contribution >= 0.6 is 0 Å². The van der Waals surface area contributed by atoms with Crippen molar-refractivity contribution in [3.05, 3.63) is 42.2 Å².